The van der Waals surface area contributed by atoms with Crippen LogP contribution < -0.4 is 4.74 Å². The smallest absolute Gasteiger partial charge is 0.272 e. The van der Waals surface area contributed by atoms with Gasteiger partial charge in [0.05, 0.1) is 30.4 Å². The Morgan fingerprint density at radius 2 is 1.86 bits per heavy atom. The zero-order valence-corrected chi connectivity index (χ0v) is 21.2. The average Bonchev–Trinajstić information content (AvgIpc) is 3.51. The lowest BCUT2D eigenvalue weighted by Gasteiger charge is -2.34. The normalized spacial score (nSPS) is 19.9. The lowest BCUT2D eigenvalue weighted by molar-refractivity contribution is 0.0624. The summed E-state index contributed by atoms with van der Waals surface area (Å²) in [7, 11) is -1.52. The number of aromatic nitrogens is 3. The van der Waals surface area contributed by atoms with Crippen molar-refractivity contribution in [2.24, 2.45) is 0 Å². The van der Waals surface area contributed by atoms with E-state index in [9.17, 15) is 13.2 Å². The molecule has 190 valence electrons. The number of benzene rings is 1. The molecule has 10 heteroatoms. The molecule has 0 radical (unpaired) electrons. The molecule has 5 rings (SSSR count). The molecule has 2 aromatic heterocycles. The van der Waals surface area contributed by atoms with E-state index in [1.807, 2.05) is 53.6 Å². The zero-order valence-electron chi connectivity index (χ0n) is 20.4. The zero-order chi connectivity index (χ0) is 25.1. The van der Waals surface area contributed by atoms with Crippen molar-refractivity contribution in [2.45, 2.75) is 18.9 Å². The molecule has 0 saturated carbocycles. The number of piperazine rings is 1. The van der Waals surface area contributed by atoms with Crippen LogP contribution in [0.2, 0.25) is 0 Å². The molecule has 0 spiro atoms. The van der Waals surface area contributed by atoms with E-state index < -0.39 is 9.84 Å². The number of nitrogens with zero attached hydrogens (tertiary/aromatic N) is 5. The summed E-state index contributed by atoms with van der Waals surface area (Å²) in [6, 6.07) is 14.9. The fourth-order valence-corrected chi connectivity index (χ4v) is 6.55. The number of carbonyl (C=O) groups excluding carboxylic acids is 1. The fraction of sp³-hybridized carbons (Fsp3) is 0.423. The van der Waals surface area contributed by atoms with E-state index in [0.29, 0.717) is 30.9 Å². The Balaban J connectivity index is 1.32. The Bertz CT molecular complexity index is 1300. The van der Waals surface area contributed by atoms with Crippen molar-refractivity contribution >= 4 is 15.7 Å². The molecular formula is C26H31N5O4S. The van der Waals surface area contributed by atoms with E-state index in [0.717, 1.165) is 43.1 Å². The largest absolute Gasteiger partial charge is 0.497 e. The maximum absolute atomic E-state index is 13.6. The number of methoxy groups -OCH3 is 1. The van der Waals surface area contributed by atoms with E-state index in [1.54, 1.807) is 17.9 Å². The van der Waals surface area contributed by atoms with E-state index >= 15 is 0 Å². The first-order chi connectivity index (χ1) is 17.4. The first-order valence-corrected chi connectivity index (χ1v) is 14.1. The van der Waals surface area contributed by atoms with Gasteiger partial charge in [-0.2, -0.15) is 5.10 Å². The molecule has 0 N–H and O–H groups in total. The summed E-state index contributed by atoms with van der Waals surface area (Å²) in [6.45, 7) is 3.71. The van der Waals surface area contributed by atoms with Crippen LogP contribution in [0.1, 0.15) is 28.6 Å². The minimum atomic E-state index is -3.13. The third-order valence-corrected chi connectivity index (χ3v) is 8.72. The summed E-state index contributed by atoms with van der Waals surface area (Å²) in [5.74, 6) is 0.768. The number of pyridine rings is 1. The van der Waals surface area contributed by atoms with Gasteiger partial charge in [0.15, 0.2) is 9.84 Å². The van der Waals surface area contributed by atoms with E-state index in [1.165, 1.54) is 0 Å². The minimum absolute atomic E-state index is 0.0122. The minimum Gasteiger partial charge on any atom is -0.497 e. The number of amides is 1. The Hall–Kier alpha value is -3.24. The summed E-state index contributed by atoms with van der Waals surface area (Å²) in [5, 5.41) is 4.72. The Labute approximate surface area is 211 Å². The van der Waals surface area contributed by atoms with Gasteiger partial charge >= 0.3 is 0 Å². The van der Waals surface area contributed by atoms with Crippen molar-refractivity contribution in [1.82, 2.24) is 24.6 Å². The van der Waals surface area contributed by atoms with E-state index in [4.69, 9.17) is 9.84 Å². The number of rotatable bonds is 7. The molecule has 2 aliphatic rings. The molecule has 2 fully saturated rings. The van der Waals surface area contributed by atoms with Gasteiger partial charge in [-0.05, 0) is 48.9 Å². The molecule has 0 unspecified atom stereocenters. The molecule has 0 aliphatic carbocycles. The predicted octanol–water partition coefficient (Wildman–Crippen LogP) is 2.31. The Kier molecular flexibility index (Phi) is 7.06. The highest BCUT2D eigenvalue weighted by Gasteiger charge is 2.34. The van der Waals surface area contributed by atoms with Crippen LogP contribution in [0.4, 0.5) is 0 Å². The molecule has 2 saturated heterocycles. The SMILES string of the molecule is COc1ccc(-c2cc(C(=O)N3CCN(CCc4ccccn4)CC3)n([C@@H]3CCS(=O)(=O)C3)n2)cc1. The van der Waals surface area contributed by atoms with Crippen LogP contribution in [0.15, 0.2) is 54.7 Å². The van der Waals surface area contributed by atoms with E-state index in [2.05, 4.69) is 9.88 Å². The van der Waals surface area contributed by atoms with Crippen LogP contribution in [0.3, 0.4) is 0 Å². The topological polar surface area (TPSA) is 97.6 Å². The monoisotopic (exact) mass is 509 g/mol. The van der Waals surface area contributed by atoms with Gasteiger partial charge in [0.2, 0.25) is 0 Å². The maximum atomic E-state index is 13.6. The molecule has 9 nitrogen and oxygen atoms in total. The van der Waals surface area contributed by atoms with Crippen LogP contribution in [0.5, 0.6) is 5.75 Å². The first kappa shape index (κ1) is 24.5. The lowest BCUT2D eigenvalue weighted by atomic mass is 10.1. The second kappa shape index (κ2) is 10.4. The number of sulfone groups is 1. The van der Waals surface area contributed by atoms with Crippen molar-refractivity contribution in [1.29, 1.82) is 0 Å². The standard InChI is InChI=1S/C26H31N5O4S/c1-35-23-7-5-20(6-8-23)24-18-25(31(28-24)22-10-17-36(33,34)19-22)26(32)30-15-13-29(14-16-30)12-9-21-4-2-3-11-27-21/h2-8,11,18,22H,9-10,12-17,19H2,1H3/t22-/m1/s1. The quantitative estimate of drug-likeness (QED) is 0.482. The average molecular weight is 510 g/mol. The number of ether oxygens (including phenoxy) is 1. The van der Waals surface area contributed by atoms with Crippen molar-refractivity contribution in [3.8, 4) is 17.0 Å². The lowest BCUT2D eigenvalue weighted by Crippen LogP contribution is -2.49. The van der Waals surface area contributed by atoms with Gasteiger partial charge in [0.25, 0.3) is 5.91 Å². The molecule has 36 heavy (non-hydrogen) atoms. The van der Waals surface area contributed by atoms with Gasteiger partial charge in [-0.15, -0.1) is 0 Å². The molecule has 3 aromatic rings. The van der Waals surface area contributed by atoms with Crippen molar-refractivity contribution in [3.63, 3.8) is 0 Å². The van der Waals surface area contributed by atoms with Crippen LogP contribution in [-0.2, 0) is 16.3 Å². The third-order valence-electron chi connectivity index (χ3n) is 6.96. The molecular weight excluding hydrogens is 478 g/mol. The van der Waals surface area contributed by atoms with Crippen molar-refractivity contribution in [2.75, 3.05) is 51.3 Å². The predicted molar refractivity (Wildman–Crippen MR) is 137 cm³/mol. The number of hydrogen-bond donors (Lipinski definition) is 0. The highest BCUT2D eigenvalue weighted by atomic mass is 32.2. The van der Waals surface area contributed by atoms with Gasteiger partial charge in [0, 0.05) is 56.6 Å². The van der Waals surface area contributed by atoms with E-state index in [-0.39, 0.29) is 23.5 Å². The summed E-state index contributed by atoms with van der Waals surface area (Å²) >= 11 is 0. The van der Waals surface area contributed by atoms with Crippen LogP contribution >= 0.6 is 0 Å². The molecule has 4 heterocycles. The van der Waals surface area contributed by atoms with Gasteiger partial charge in [-0.3, -0.25) is 19.4 Å². The van der Waals surface area contributed by atoms with Crippen molar-refractivity contribution in [3.05, 3.63) is 66.1 Å². The van der Waals surface area contributed by atoms with Gasteiger partial charge in [-0.1, -0.05) is 6.07 Å². The van der Waals surface area contributed by atoms with Gasteiger partial charge in [0.1, 0.15) is 11.4 Å². The van der Waals surface area contributed by atoms with Crippen LogP contribution in [-0.4, -0.2) is 90.2 Å². The van der Waals surface area contributed by atoms with Gasteiger partial charge in [-0.25, -0.2) is 8.42 Å². The molecule has 1 atom stereocenters. The summed E-state index contributed by atoms with van der Waals surface area (Å²) in [5.41, 5.74) is 3.02. The van der Waals surface area contributed by atoms with Crippen molar-refractivity contribution < 1.29 is 17.9 Å². The Morgan fingerprint density at radius 1 is 1.08 bits per heavy atom. The summed E-state index contributed by atoms with van der Waals surface area (Å²) in [4.78, 5) is 22.2. The van der Waals surface area contributed by atoms with Crippen LogP contribution in [0, 0.1) is 0 Å². The second-order valence-corrected chi connectivity index (χ2v) is 11.6. The molecule has 2 aliphatic heterocycles. The number of carbonyl (C=O) groups is 1. The highest BCUT2D eigenvalue weighted by Crippen LogP contribution is 2.29. The number of hydrogen-bond acceptors (Lipinski definition) is 7. The van der Waals surface area contributed by atoms with Crippen LogP contribution in [0.25, 0.3) is 11.3 Å². The molecule has 1 amide bonds. The molecule has 0 bridgehead atoms. The first-order valence-electron chi connectivity index (χ1n) is 12.3. The maximum Gasteiger partial charge on any atom is 0.272 e. The Morgan fingerprint density at radius 3 is 2.50 bits per heavy atom. The third kappa shape index (κ3) is 5.44. The molecule has 1 aromatic carbocycles. The second-order valence-electron chi connectivity index (χ2n) is 9.35. The van der Waals surface area contributed by atoms with Gasteiger partial charge < -0.3 is 9.64 Å². The summed E-state index contributed by atoms with van der Waals surface area (Å²) < 4.78 is 31.3. The fourth-order valence-electron chi connectivity index (χ4n) is 4.86. The highest BCUT2D eigenvalue weighted by molar-refractivity contribution is 7.91. The summed E-state index contributed by atoms with van der Waals surface area (Å²) in [6.07, 6.45) is 3.15.